The van der Waals surface area contributed by atoms with E-state index in [2.05, 4.69) is 53.2 Å². The Hall–Kier alpha value is -0.900. The normalized spacial score (nSPS) is 24.4. The zero-order valence-electron chi connectivity index (χ0n) is 13.5. The SMILES string of the molecule is CCN1CCN(Cc2ccc(CNC3CC3)cc2)CC1C. The molecule has 1 aliphatic heterocycles. The maximum absolute atomic E-state index is 3.57. The van der Waals surface area contributed by atoms with Gasteiger partial charge in [0.15, 0.2) is 0 Å². The first-order chi connectivity index (χ1) is 10.2. The van der Waals surface area contributed by atoms with Crippen molar-refractivity contribution in [2.24, 2.45) is 0 Å². The van der Waals surface area contributed by atoms with Crippen LogP contribution in [0.1, 0.15) is 37.8 Å². The van der Waals surface area contributed by atoms with Gasteiger partial charge in [-0.1, -0.05) is 31.2 Å². The van der Waals surface area contributed by atoms with Crippen molar-refractivity contribution in [2.45, 2.75) is 51.9 Å². The highest BCUT2D eigenvalue weighted by Crippen LogP contribution is 2.19. The van der Waals surface area contributed by atoms with Crippen LogP contribution in [0.25, 0.3) is 0 Å². The Bertz CT molecular complexity index is 438. The maximum Gasteiger partial charge on any atom is 0.0234 e. The zero-order chi connectivity index (χ0) is 14.7. The number of piperazine rings is 1. The summed E-state index contributed by atoms with van der Waals surface area (Å²) in [5.74, 6) is 0. The molecule has 0 radical (unpaired) electrons. The van der Waals surface area contributed by atoms with E-state index in [1.54, 1.807) is 0 Å². The van der Waals surface area contributed by atoms with E-state index in [4.69, 9.17) is 0 Å². The van der Waals surface area contributed by atoms with Crippen molar-refractivity contribution in [1.29, 1.82) is 0 Å². The van der Waals surface area contributed by atoms with Gasteiger partial charge in [0.05, 0.1) is 0 Å². The molecule has 1 heterocycles. The van der Waals surface area contributed by atoms with Gasteiger partial charge in [-0.25, -0.2) is 0 Å². The smallest absolute Gasteiger partial charge is 0.0234 e. The molecule has 1 unspecified atom stereocenters. The molecular weight excluding hydrogens is 258 g/mol. The second-order valence-electron chi connectivity index (χ2n) is 6.68. The van der Waals surface area contributed by atoms with Crippen LogP contribution in [0.4, 0.5) is 0 Å². The Kier molecular flexibility index (Phi) is 4.94. The molecule has 3 rings (SSSR count). The lowest BCUT2D eigenvalue weighted by atomic mass is 10.1. The Balaban J connectivity index is 1.48. The van der Waals surface area contributed by atoms with Crippen LogP contribution in [0.3, 0.4) is 0 Å². The van der Waals surface area contributed by atoms with E-state index in [9.17, 15) is 0 Å². The first-order valence-corrected chi connectivity index (χ1v) is 8.52. The van der Waals surface area contributed by atoms with Gasteiger partial charge in [0.2, 0.25) is 0 Å². The molecule has 2 aliphatic rings. The van der Waals surface area contributed by atoms with Crippen molar-refractivity contribution in [3.8, 4) is 0 Å². The highest BCUT2D eigenvalue weighted by Gasteiger charge is 2.22. The number of likely N-dealkylation sites (N-methyl/N-ethyl adjacent to an activating group) is 1. The molecule has 1 aromatic rings. The molecule has 1 aromatic carbocycles. The number of nitrogens with zero attached hydrogens (tertiary/aromatic N) is 2. The van der Waals surface area contributed by atoms with Crippen LogP contribution in [-0.4, -0.2) is 48.1 Å². The Morgan fingerprint density at radius 2 is 1.81 bits per heavy atom. The molecule has 116 valence electrons. The first kappa shape index (κ1) is 15.0. The minimum atomic E-state index is 0.686. The van der Waals surface area contributed by atoms with E-state index in [1.807, 2.05) is 0 Å². The van der Waals surface area contributed by atoms with E-state index in [-0.39, 0.29) is 0 Å². The fraction of sp³-hybridized carbons (Fsp3) is 0.667. The summed E-state index contributed by atoms with van der Waals surface area (Å²) in [7, 11) is 0. The third-order valence-corrected chi connectivity index (χ3v) is 4.86. The lowest BCUT2D eigenvalue weighted by molar-refractivity contribution is 0.0834. The third-order valence-electron chi connectivity index (χ3n) is 4.86. The van der Waals surface area contributed by atoms with Crippen LogP contribution in [0, 0.1) is 0 Å². The Morgan fingerprint density at radius 1 is 1.10 bits per heavy atom. The van der Waals surface area contributed by atoms with Crippen LogP contribution in [0.15, 0.2) is 24.3 Å². The molecule has 3 heteroatoms. The molecule has 1 N–H and O–H groups in total. The predicted molar refractivity (Wildman–Crippen MR) is 88.3 cm³/mol. The third kappa shape index (κ3) is 4.29. The van der Waals surface area contributed by atoms with Crippen molar-refractivity contribution < 1.29 is 0 Å². The second kappa shape index (κ2) is 6.91. The maximum atomic E-state index is 3.57. The van der Waals surface area contributed by atoms with Crippen molar-refractivity contribution in [3.05, 3.63) is 35.4 Å². The molecular formula is C18H29N3. The van der Waals surface area contributed by atoms with Gasteiger partial charge in [0, 0.05) is 44.8 Å². The molecule has 2 fully saturated rings. The van der Waals surface area contributed by atoms with Gasteiger partial charge >= 0.3 is 0 Å². The van der Waals surface area contributed by atoms with Crippen LogP contribution < -0.4 is 5.32 Å². The first-order valence-electron chi connectivity index (χ1n) is 8.52. The van der Waals surface area contributed by atoms with Gasteiger partial charge in [-0.2, -0.15) is 0 Å². The molecule has 1 aliphatic carbocycles. The van der Waals surface area contributed by atoms with Crippen LogP contribution >= 0.6 is 0 Å². The van der Waals surface area contributed by atoms with Crippen LogP contribution in [0.2, 0.25) is 0 Å². The highest BCUT2D eigenvalue weighted by atomic mass is 15.3. The number of nitrogens with one attached hydrogen (secondary N) is 1. The number of hydrogen-bond acceptors (Lipinski definition) is 3. The second-order valence-corrected chi connectivity index (χ2v) is 6.68. The van der Waals surface area contributed by atoms with Crippen molar-refractivity contribution >= 4 is 0 Å². The summed E-state index contributed by atoms with van der Waals surface area (Å²) in [6.45, 7) is 11.5. The predicted octanol–water partition coefficient (Wildman–Crippen LogP) is 2.46. The molecule has 3 nitrogen and oxygen atoms in total. The fourth-order valence-electron chi connectivity index (χ4n) is 3.25. The summed E-state index contributed by atoms with van der Waals surface area (Å²) in [6, 6.07) is 10.7. The van der Waals surface area contributed by atoms with Gasteiger partial charge in [0.1, 0.15) is 0 Å². The van der Waals surface area contributed by atoms with Crippen molar-refractivity contribution in [3.63, 3.8) is 0 Å². The Labute approximate surface area is 129 Å². The average Bonchev–Trinajstić information content (AvgIpc) is 3.31. The molecule has 0 bridgehead atoms. The topological polar surface area (TPSA) is 18.5 Å². The lowest BCUT2D eigenvalue weighted by Crippen LogP contribution is -2.51. The van der Waals surface area contributed by atoms with E-state index < -0.39 is 0 Å². The van der Waals surface area contributed by atoms with E-state index >= 15 is 0 Å². The van der Waals surface area contributed by atoms with Gasteiger partial charge in [-0.3, -0.25) is 9.80 Å². The largest absolute Gasteiger partial charge is 0.310 e. The molecule has 0 amide bonds. The highest BCUT2D eigenvalue weighted by molar-refractivity contribution is 5.22. The summed E-state index contributed by atoms with van der Waals surface area (Å²) < 4.78 is 0. The van der Waals surface area contributed by atoms with E-state index in [1.165, 1.54) is 50.1 Å². The van der Waals surface area contributed by atoms with Crippen molar-refractivity contribution in [1.82, 2.24) is 15.1 Å². The fourth-order valence-corrected chi connectivity index (χ4v) is 3.25. The minimum absolute atomic E-state index is 0.686. The summed E-state index contributed by atoms with van der Waals surface area (Å²) in [4.78, 5) is 5.16. The molecule has 0 spiro atoms. The van der Waals surface area contributed by atoms with E-state index in [0.717, 1.165) is 19.1 Å². The lowest BCUT2D eigenvalue weighted by Gasteiger charge is -2.39. The number of benzene rings is 1. The molecule has 1 saturated heterocycles. The average molecular weight is 287 g/mol. The quantitative estimate of drug-likeness (QED) is 0.867. The minimum Gasteiger partial charge on any atom is -0.310 e. The summed E-state index contributed by atoms with van der Waals surface area (Å²) in [5.41, 5.74) is 2.86. The molecule has 21 heavy (non-hydrogen) atoms. The zero-order valence-corrected chi connectivity index (χ0v) is 13.5. The molecule has 0 aromatic heterocycles. The van der Waals surface area contributed by atoms with Crippen molar-refractivity contribution in [2.75, 3.05) is 26.2 Å². The van der Waals surface area contributed by atoms with Gasteiger partial charge < -0.3 is 5.32 Å². The van der Waals surface area contributed by atoms with Gasteiger partial charge in [0.25, 0.3) is 0 Å². The summed E-state index contributed by atoms with van der Waals surface area (Å²) in [5, 5.41) is 3.57. The monoisotopic (exact) mass is 287 g/mol. The van der Waals surface area contributed by atoms with Crippen LogP contribution in [0.5, 0.6) is 0 Å². The summed E-state index contributed by atoms with van der Waals surface area (Å²) in [6.07, 6.45) is 2.72. The number of hydrogen-bond donors (Lipinski definition) is 1. The molecule has 1 saturated carbocycles. The Morgan fingerprint density at radius 3 is 2.43 bits per heavy atom. The number of rotatable bonds is 6. The molecule has 1 atom stereocenters. The van der Waals surface area contributed by atoms with Gasteiger partial charge in [-0.15, -0.1) is 0 Å². The standard InChI is InChI=1S/C18H29N3/c1-3-21-11-10-20(13-15(21)2)14-17-6-4-16(5-7-17)12-19-18-8-9-18/h4-7,15,18-19H,3,8-14H2,1-2H3. The van der Waals surface area contributed by atoms with Gasteiger partial charge in [-0.05, 0) is 37.4 Å². The van der Waals surface area contributed by atoms with Crippen LogP contribution in [-0.2, 0) is 13.1 Å². The van der Waals surface area contributed by atoms with E-state index in [0.29, 0.717) is 6.04 Å². The summed E-state index contributed by atoms with van der Waals surface area (Å²) >= 11 is 0.